The Morgan fingerprint density at radius 2 is 1.78 bits per heavy atom. The smallest absolute Gasteiger partial charge is 0.363 e. The third kappa shape index (κ3) is 4.45. The fraction of sp³-hybridized carbons (Fsp3) is 0.105. The lowest BCUT2D eigenvalue weighted by Crippen LogP contribution is -2.05. The van der Waals surface area contributed by atoms with Crippen LogP contribution in [0.2, 0.25) is 0 Å². The Balaban J connectivity index is 1.91. The van der Waals surface area contributed by atoms with Gasteiger partial charge in [0.05, 0.1) is 16.1 Å². The second-order valence-corrected chi connectivity index (χ2v) is 7.18. The van der Waals surface area contributed by atoms with Crippen LogP contribution in [0.25, 0.3) is 6.08 Å². The van der Waals surface area contributed by atoms with Gasteiger partial charge in [-0.05, 0) is 79.9 Å². The van der Waals surface area contributed by atoms with Crippen molar-refractivity contribution in [2.24, 2.45) is 4.99 Å². The Hall–Kier alpha value is -2.45. The van der Waals surface area contributed by atoms with E-state index in [2.05, 4.69) is 36.9 Å². The van der Waals surface area contributed by atoms with Crippen molar-refractivity contribution in [1.29, 1.82) is 0 Å². The van der Waals surface area contributed by atoms with Crippen molar-refractivity contribution in [2.75, 3.05) is 7.11 Å². The summed E-state index contributed by atoms with van der Waals surface area (Å²) in [6, 6.07) is 10.5. The van der Waals surface area contributed by atoms with E-state index >= 15 is 0 Å². The highest BCUT2D eigenvalue weighted by molar-refractivity contribution is 9.11. The number of hydrogen-bond donors (Lipinski definition) is 0. The molecular formula is C19H13Br2NO5. The zero-order valence-electron chi connectivity index (χ0n) is 14.3. The Bertz CT molecular complexity index is 957. The first kappa shape index (κ1) is 19.3. The normalized spacial score (nSPS) is 14.7. The van der Waals surface area contributed by atoms with E-state index in [0.717, 1.165) is 0 Å². The fourth-order valence-electron chi connectivity index (χ4n) is 2.33. The number of nitrogens with zero attached hydrogens (tertiary/aromatic N) is 1. The molecule has 1 aliphatic heterocycles. The van der Waals surface area contributed by atoms with Crippen LogP contribution in [0.15, 0.2) is 56.0 Å². The molecule has 3 rings (SSSR count). The fourth-order valence-corrected chi connectivity index (χ4v) is 3.71. The van der Waals surface area contributed by atoms with Crippen molar-refractivity contribution in [3.8, 4) is 11.5 Å². The van der Waals surface area contributed by atoms with Gasteiger partial charge in [0, 0.05) is 12.5 Å². The van der Waals surface area contributed by atoms with Crippen LogP contribution in [-0.4, -0.2) is 24.9 Å². The van der Waals surface area contributed by atoms with E-state index in [4.69, 9.17) is 14.2 Å². The maximum atomic E-state index is 12.1. The number of carbonyl (C=O) groups excluding carboxylic acids is 2. The predicted octanol–water partition coefficient (Wildman–Crippen LogP) is 4.49. The molecule has 0 amide bonds. The predicted molar refractivity (Wildman–Crippen MR) is 107 cm³/mol. The molecule has 0 radical (unpaired) electrons. The highest BCUT2D eigenvalue weighted by atomic mass is 79.9. The Kier molecular flexibility index (Phi) is 5.76. The first-order valence-electron chi connectivity index (χ1n) is 7.72. The second kappa shape index (κ2) is 8.06. The molecule has 6 nitrogen and oxygen atoms in total. The number of benzene rings is 2. The molecule has 138 valence electrons. The van der Waals surface area contributed by atoms with Gasteiger partial charge in [-0.25, -0.2) is 9.79 Å². The average molecular weight is 495 g/mol. The van der Waals surface area contributed by atoms with Crippen molar-refractivity contribution < 1.29 is 23.8 Å². The van der Waals surface area contributed by atoms with Crippen LogP contribution in [-0.2, 0) is 14.3 Å². The summed E-state index contributed by atoms with van der Waals surface area (Å²) in [5.41, 5.74) is 1.51. The van der Waals surface area contributed by atoms with Crippen LogP contribution in [0, 0.1) is 0 Å². The number of aliphatic imine (C=N–C) groups is 1. The first-order valence-corrected chi connectivity index (χ1v) is 9.30. The van der Waals surface area contributed by atoms with Crippen LogP contribution < -0.4 is 9.47 Å². The SMILES string of the molecule is COc1ccc(C2=NC(=Cc3cc(Br)c(OC(C)=O)c(Br)c3)C(=O)O2)cc1. The van der Waals surface area contributed by atoms with Crippen molar-refractivity contribution in [2.45, 2.75) is 6.92 Å². The van der Waals surface area contributed by atoms with E-state index in [0.29, 0.717) is 31.6 Å². The van der Waals surface area contributed by atoms with Crippen molar-refractivity contribution in [3.05, 3.63) is 62.2 Å². The number of carbonyl (C=O) groups is 2. The van der Waals surface area contributed by atoms with E-state index in [1.807, 2.05) is 0 Å². The van der Waals surface area contributed by atoms with Gasteiger partial charge < -0.3 is 14.2 Å². The molecule has 1 aliphatic rings. The molecule has 2 aromatic rings. The molecule has 0 saturated carbocycles. The van der Waals surface area contributed by atoms with Crippen molar-refractivity contribution in [3.63, 3.8) is 0 Å². The third-order valence-electron chi connectivity index (χ3n) is 3.53. The number of methoxy groups -OCH3 is 1. The third-order valence-corrected chi connectivity index (χ3v) is 4.71. The van der Waals surface area contributed by atoms with E-state index < -0.39 is 11.9 Å². The van der Waals surface area contributed by atoms with Gasteiger partial charge in [-0.1, -0.05) is 0 Å². The first-order chi connectivity index (χ1) is 12.9. The van der Waals surface area contributed by atoms with Crippen molar-refractivity contribution in [1.82, 2.24) is 0 Å². The number of ether oxygens (including phenoxy) is 3. The summed E-state index contributed by atoms with van der Waals surface area (Å²) >= 11 is 6.71. The molecule has 8 heteroatoms. The molecule has 0 atom stereocenters. The summed E-state index contributed by atoms with van der Waals surface area (Å²) in [5, 5.41) is 0. The highest BCUT2D eigenvalue weighted by Gasteiger charge is 2.24. The van der Waals surface area contributed by atoms with E-state index in [1.54, 1.807) is 49.6 Å². The van der Waals surface area contributed by atoms with Crippen LogP contribution in [0.4, 0.5) is 0 Å². The topological polar surface area (TPSA) is 74.2 Å². The van der Waals surface area contributed by atoms with Gasteiger partial charge in [0.25, 0.3) is 0 Å². The molecule has 0 N–H and O–H groups in total. The summed E-state index contributed by atoms with van der Waals surface area (Å²) < 4.78 is 16.6. The van der Waals surface area contributed by atoms with Crippen LogP contribution in [0.1, 0.15) is 18.1 Å². The van der Waals surface area contributed by atoms with Crippen LogP contribution in [0.3, 0.4) is 0 Å². The number of halogens is 2. The Labute approximate surface area is 172 Å². The Morgan fingerprint density at radius 1 is 1.15 bits per heavy atom. The summed E-state index contributed by atoms with van der Waals surface area (Å²) in [6.45, 7) is 1.32. The van der Waals surface area contributed by atoms with E-state index in [-0.39, 0.29) is 11.6 Å². The second-order valence-electron chi connectivity index (χ2n) is 5.47. The maximum absolute atomic E-state index is 12.1. The highest BCUT2D eigenvalue weighted by Crippen LogP contribution is 2.36. The summed E-state index contributed by atoms with van der Waals surface area (Å²) in [5.74, 6) is 0.305. The largest absolute Gasteiger partial charge is 0.497 e. The molecule has 27 heavy (non-hydrogen) atoms. The average Bonchev–Trinajstić information content (AvgIpc) is 2.99. The van der Waals surface area contributed by atoms with Gasteiger partial charge >= 0.3 is 11.9 Å². The Morgan fingerprint density at radius 3 is 2.33 bits per heavy atom. The minimum absolute atomic E-state index is 0.167. The van der Waals surface area contributed by atoms with Gasteiger partial charge in [0.1, 0.15) is 5.75 Å². The standard InChI is InChI=1S/C19H13Br2NO5/c1-10(23)26-17-14(20)7-11(8-15(17)21)9-16-19(24)27-18(22-16)12-3-5-13(25-2)6-4-12/h3-9H,1-2H3. The molecular weight excluding hydrogens is 482 g/mol. The van der Waals surface area contributed by atoms with E-state index in [9.17, 15) is 9.59 Å². The molecule has 1 heterocycles. The molecule has 0 spiro atoms. The monoisotopic (exact) mass is 493 g/mol. The van der Waals surface area contributed by atoms with Crippen LogP contribution >= 0.6 is 31.9 Å². The lowest BCUT2D eigenvalue weighted by Gasteiger charge is -2.08. The number of rotatable bonds is 4. The number of cyclic esters (lactones) is 1. The van der Waals surface area contributed by atoms with Crippen molar-refractivity contribution >= 4 is 55.8 Å². The molecule has 0 fully saturated rings. The zero-order valence-corrected chi connectivity index (χ0v) is 17.5. The van der Waals surface area contributed by atoms with Gasteiger partial charge in [-0.2, -0.15) is 0 Å². The number of hydrogen-bond acceptors (Lipinski definition) is 6. The maximum Gasteiger partial charge on any atom is 0.363 e. The minimum Gasteiger partial charge on any atom is -0.497 e. The van der Waals surface area contributed by atoms with Gasteiger partial charge in [-0.15, -0.1) is 0 Å². The summed E-state index contributed by atoms with van der Waals surface area (Å²) in [6.07, 6.45) is 1.59. The quantitative estimate of drug-likeness (QED) is 0.355. The lowest BCUT2D eigenvalue weighted by molar-refractivity contribution is -0.132. The molecule has 0 unspecified atom stereocenters. The molecule has 2 aromatic carbocycles. The van der Waals surface area contributed by atoms with Gasteiger partial charge in [0.2, 0.25) is 5.90 Å². The number of esters is 2. The molecule has 0 aromatic heterocycles. The molecule has 0 aliphatic carbocycles. The molecule has 0 bridgehead atoms. The van der Waals surface area contributed by atoms with Gasteiger partial charge in [0.15, 0.2) is 11.4 Å². The lowest BCUT2D eigenvalue weighted by atomic mass is 10.2. The minimum atomic E-state index is -0.544. The zero-order chi connectivity index (χ0) is 19.6. The molecule has 0 saturated heterocycles. The van der Waals surface area contributed by atoms with Crippen LogP contribution in [0.5, 0.6) is 11.5 Å². The summed E-state index contributed by atoms with van der Waals surface area (Å²) in [4.78, 5) is 27.6. The summed E-state index contributed by atoms with van der Waals surface area (Å²) in [7, 11) is 1.58. The van der Waals surface area contributed by atoms with Gasteiger partial charge in [-0.3, -0.25) is 4.79 Å². The van der Waals surface area contributed by atoms with E-state index in [1.165, 1.54) is 6.92 Å².